The predicted octanol–water partition coefficient (Wildman–Crippen LogP) is 5.74. The molecular weight excluding hydrogens is 652 g/mol. The van der Waals surface area contributed by atoms with Crippen LogP contribution in [-0.4, -0.2) is 96.8 Å². The number of morpholine rings is 1. The molecule has 1 spiro atoms. The molecule has 1 aromatic heterocycles. The third-order valence-corrected chi connectivity index (χ3v) is 11.6. The van der Waals surface area contributed by atoms with Crippen LogP contribution in [0.15, 0.2) is 30.3 Å². The SMILES string of the molecule is C#Cc1c(F)ccc2cc(O)cc(-c3c(C(C)C)cc4c(N5CC6CCC(C5)N6)nc(OCC5(CN6CCOC7(COC7)C6)CC5)nc4c3F)c12. The van der Waals surface area contributed by atoms with Gasteiger partial charge in [-0.3, -0.25) is 4.90 Å². The highest BCUT2D eigenvalue weighted by molar-refractivity contribution is 6.05. The summed E-state index contributed by atoms with van der Waals surface area (Å²) < 4.78 is 50.7. The summed E-state index contributed by atoms with van der Waals surface area (Å²) in [7, 11) is 0. The van der Waals surface area contributed by atoms with Crippen LogP contribution < -0.4 is 15.0 Å². The number of phenols is 1. The topological polar surface area (TPSA) is 92.2 Å². The van der Waals surface area contributed by atoms with Gasteiger partial charge in [0.1, 0.15) is 28.5 Å². The van der Waals surface area contributed by atoms with E-state index >= 15 is 8.78 Å². The first-order valence-corrected chi connectivity index (χ1v) is 18.2. The minimum atomic E-state index is -0.583. The number of hydrogen-bond donors (Lipinski definition) is 2. The van der Waals surface area contributed by atoms with Crippen molar-refractivity contribution in [3.05, 3.63) is 53.1 Å². The minimum absolute atomic E-state index is 0.0196. The number of hydrogen-bond acceptors (Lipinski definition) is 9. The van der Waals surface area contributed by atoms with E-state index in [2.05, 4.69) is 21.0 Å². The van der Waals surface area contributed by atoms with Crippen LogP contribution in [-0.2, 0) is 9.47 Å². The van der Waals surface area contributed by atoms with Crippen LogP contribution in [0.1, 0.15) is 56.6 Å². The number of aromatic nitrogens is 2. The second-order valence-corrected chi connectivity index (χ2v) is 15.8. The largest absolute Gasteiger partial charge is 0.508 e. The van der Waals surface area contributed by atoms with Crippen molar-refractivity contribution in [2.24, 2.45) is 5.41 Å². The van der Waals surface area contributed by atoms with Crippen molar-refractivity contribution in [1.82, 2.24) is 20.2 Å². The molecular formula is C40H43F2N5O4. The van der Waals surface area contributed by atoms with Crippen LogP contribution in [0.4, 0.5) is 14.6 Å². The molecule has 4 aromatic rings. The van der Waals surface area contributed by atoms with E-state index in [1.165, 1.54) is 18.2 Å². The van der Waals surface area contributed by atoms with Crippen molar-refractivity contribution >= 4 is 27.5 Å². The molecule has 3 aromatic carbocycles. The van der Waals surface area contributed by atoms with Gasteiger partial charge >= 0.3 is 6.01 Å². The Bertz CT molecular complexity index is 2080. The zero-order chi connectivity index (χ0) is 35.1. The van der Waals surface area contributed by atoms with E-state index in [0.29, 0.717) is 71.6 Å². The molecule has 1 saturated carbocycles. The van der Waals surface area contributed by atoms with E-state index < -0.39 is 11.6 Å². The van der Waals surface area contributed by atoms with Crippen molar-refractivity contribution < 1.29 is 28.1 Å². The van der Waals surface area contributed by atoms with Gasteiger partial charge in [0.05, 0.1) is 32.0 Å². The van der Waals surface area contributed by atoms with Gasteiger partial charge in [-0.15, -0.1) is 6.42 Å². The van der Waals surface area contributed by atoms with Gasteiger partial charge in [0.15, 0.2) is 5.82 Å². The summed E-state index contributed by atoms with van der Waals surface area (Å²) in [6.07, 6.45) is 10.1. The smallest absolute Gasteiger partial charge is 0.319 e. The van der Waals surface area contributed by atoms with E-state index in [9.17, 15) is 5.11 Å². The predicted molar refractivity (Wildman–Crippen MR) is 191 cm³/mol. The first kappa shape index (κ1) is 32.8. The number of nitrogens with zero attached hydrogens (tertiary/aromatic N) is 4. The maximum Gasteiger partial charge on any atom is 0.319 e. The Morgan fingerprint density at radius 2 is 1.90 bits per heavy atom. The maximum atomic E-state index is 17.5. The van der Waals surface area contributed by atoms with Gasteiger partial charge in [-0.25, -0.2) is 8.78 Å². The summed E-state index contributed by atoms with van der Waals surface area (Å²) in [5.74, 6) is 1.75. The highest BCUT2D eigenvalue weighted by Crippen LogP contribution is 2.48. The summed E-state index contributed by atoms with van der Waals surface area (Å²) in [6, 6.07) is 8.57. The zero-order valence-corrected chi connectivity index (χ0v) is 29.1. The molecule has 4 saturated heterocycles. The molecule has 0 amide bonds. The van der Waals surface area contributed by atoms with Crippen LogP contribution in [0.2, 0.25) is 0 Å². The Morgan fingerprint density at radius 3 is 2.59 bits per heavy atom. The quantitative estimate of drug-likeness (QED) is 0.224. The molecule has 5 heterocycles. The lowest BCUT2D eigenvalue weighted by atomic mass is 9.86. The van der Waals surface area contributed by atoms with Crippen LogP contribution in [0.5, 0.6) is 11.8 Å². The molecule has 9 nitrogen and oxygen atoms in total. The Balaban J connectivity index is 1.15. The van der Waals surface area contributed by atoms with Crippen molar-refractivity contribution in [2.75, 3.05) is 64.1 Å². The van der Waals surface area contributed by atoms with E-state index in [0.717, 1.165) is 58.4 Å². The number of piperazine rings is 1. The van der Waals surface area contributed by atoms with Gasteiger partial charge in [-0.1, -0.05) is 25.8 Å². The van der Waals surface area contributed by atoms with Crippen molar-refractivity contribution in [3.8, 4) is 35.2 Å². The van der Waals surface area contributed by atoms with E-state index in [4.69, 9.17) is 30.6 Å². The third-order valence-electron chi connectivity index (χ3n) is 11.6. The average molecular weight is 696 g/mol. The summed E-state index contributed by atoms with van der Waals surface area (Å²) in [4.78, 5) is 14.5. The van der Waals surface area contributed by atoms with E-state index in [-0.39, 0.29) is 45.3 Å². The number of anilines is 1. The number of terminal acetylenes is 1. The van der Waals surface area contributed by atoms with E-state index in [1.807, 2.05) is 19.9 Å². The molecule has 11 heteroatoms. The van der Waals surface area contributed by atoms with E-state index in [1.54, 1.807) is 6.07 Å². The summed E-state index contributed by atoms with van der Waals surface area (Å²) >= 11 is 0. The Kier molecular flexibility index (Phi) is 7.89. The van der Waals surface area contributed by atoms with Crippen molar-refractivity contribution in [2.45, 2.75) is 63.1 Å². The van der Waals surface area contributed by atoms with Crippen LogP contribution >= 0.6 is 0 Å². The van der Waals surface area contributed by atoms with Gasteiger partial charge in [0.25, 0.3) is 0 Å². The van der Waals surface area contributed by atoms with Gasteiger partial charge in [-0.2, -0.15) is 9.97 Å². The highest BCUT2D eigenvalue weighted by atomic mass is 19.1. The van der Waals surface area contributed by atoms with Gasteiger partial charge in [-0.05, 0) is 72.4 Å². The number of benzene rings is 3. The second-order valence-electron chi connectivity index (χ2n) is 15.8. The first-order valence-electron chi connectivity index (χ1n) is 18.2. The molecule has 4 aliphatic heterocycles. The molecule has 9 rings (SSSR count). The fourth-order valence-electron chi connectivity index (χ4n) is 8.76. The van der Waals surface area contributed by atoms with Gasteiger partial charge < -0.3 is 29.5 Å². The Morgan fingerprint density at radius 1 is 1.12 bits per heavy atom. The molecule has 0 radical (unpaired) electrons. The molecule has 2 N–H and O–H groups in total. The molecule has 1 aliphatic carbocycles. The molecule has 266 valence electrons. The van der Waals surface area contributed by atoms with Crippen molar-refractivity contribution in [1.29, 1.82) is 0 Å². The number of rotatable bonds is 8. The fraction of sp³-hybridized carbons (Fsp3) is 0.500. The third kappa shape index (κ3) is 5.77. The van der Waals surface area contributed by atoms with Crippen LogP contribution in [0.3, 0.4) is 0 Å². The number of halogens is 2. The number of aromatic hydroxyl groups is 1. The molecule has 2 unspecified atom stereocenters. The van der Waals surface area contributed by atoms with Crippen molar-refractivity contribution in [3.63, 3.8) is 0 Å². The molecule has 2 atom stereocenters. The second kappa shape index (κ2) is 12.3. The lowest BCUT2D eigenvalue weighted by molar-refractivity contribution is -0.238. The highest BCUT2D eigenvalue weighted by Gasteiger charge is 2.49. The molecule has 5 aliphatic rings. The standard InChI is InChI=1S/C40H43F2N5O4/c1-4-28-32(41)8-5-24-13-27(48)14-30(33(24)28)34-29(23(2)3)15-31-36(35(34)42)44-38(45-37(31)47-16-25-6-7-26(17-47)43-25)50-20-39(9-10-39)18-46-11-12-51-40(19-46)21-49-22-40/h1,5,8,13-15,23,25-26,43,48H,6-7,9-12,16-22H2,2-3H3. The normalized spacial score (nSPS) is 23.6. The average Bonchev–Trinajstić information content (AvgIpc) is 3.79. The maximum absolute atomic E-state index is 17.5. The number of fused-ring (bicyclic) bond motifs is 4. The minimum Gasteiger partial charge on any atom is -0.508 e. The van der Waals surface area contributed by atoms with Crippen LogP contribution in [0.25, 0.3) is 32.8 Å². The monoisotopic (exact) mass is 695 g/mol. The lowest BCUT2D eigenvalue weighted by Gasteiger charge is -2.48. The summed E-state index contributed by atoms with van der Waals surface area (Å²) in [6.45, 7) is 10.5. The Labute approximate surface area is 296 Å². The molecule has 5 fully saturated rings. The summed E-state index contributed by atoms with van der Waals surface area (Å²) in [5.41, 5.74) is 1.17. The van der Waals surface area contributed by atoms with Gasteiger partial charge in [0, 0.05) is 66.6 Å². The molecule has 2 bridgehead atoms. The molecule has 51 heavy (non-hydrogen) atoms. The number of phenolic OH excluding ortho intramolecular Hbond substituents is 1. The zero-order valence-electron chi connectivity index (χ0n) is 29.1. The summed E-state index contributed by atoms with van der Waals surface area (Å²) in [5, 5.41) is 16.0. The Hall–Kier alpha value is -4.08. The number of nitrogens with one attached hydrogen (secondary N) is 1. The number of ether oxygens (including phenoxy) is 3. The fourth-order valence-corrected chi connectivity index (χ4v) is 8.76. The van der Waals surface area contributed by atoms with Gasteiger partial charge in [0.2, 0.25) is 0 Å². The first-order chi connectivity index (χ1) is 24.6. The lowest BCUT2D eigenvalue weighted by Crippen LogP contribution is -2.63. The van der Waals surface area contributed by atoms with Crippen LogP contribution in [0, 0.1) is 29.4 Å².